The van der Waals surface area contributed by atoms with Gasteiger partial charge in [-0.1, -0.05) is 41.9 Å². The molecule has 0 radical (unpaired) electrons. The molecule has 0 aliphatic carbocycles. The van der Waals surface area contributed by atoms with Crippen molar-refractivity contribution in [3.05, 3.63) is 64.7 Å². The van der Waals surface area contributed by atoms with Crippen LogP contribution in [0.5, 0.6) is 0 Å². The maximum Gasteiger partial charge on any atom is 0.0436 e. The predicted molar refractivity (Wildman–Crippen MR) is 83.4 cm³/mol. The van der Waals surface area contributed by atoms with E-state index in [2.05, 4.69) is 53.1 Å². The molecule has 2 aliphatic rings. The van der Waals surface area contributed by atoms with Crippen molar-refractivity contribution in [1.82, 2.24) is 5.32 Å². The van der Waals surface area contributed by atoms with Crippen LogP contribution in [0.25, 0.3) is 0 Å². The summed E-state index contributed by atoms with van der Waals surface area (Å²) in [6.07, 6.45) is 1.15. The Morgan fingerprint density at radius 2 is 1.95 bits per heavy atom. The average molecular weight is 285 g/mol. The zero-order valence-electron chi connectivity index (χ0n) is 11.2. The predicted octanol–water partition coefficient (Wildman–Crippen LogP) is 3.74. The van der Waals surface area contributed by atoms with Crippen molar-refractivity contribution in [2.24, 2.45) is 0 Å². The van der Waals surface area contributed by atoms with E-state index in [0.717, 1.165) is 24.5 Å². The summed E-state index contributed by atoms with van der Waals surface area (Å²) >= 11 is 6.23. The lowest BCUT2D eigenvalue weighted by molar-refractivity contribution is 0.413. The van der Waals surface area contributed by atoms with Gasteiger partial charge in [0.15, 0.2) is 0 Å². The minimum Gasteiger partial charge on any atom is -0.384 e. The Bertz CT molecular complexity index is 641. The first-order chi connectivity index (χ1) is 9.79. The molecule has 20 heavy (non-hydrogen) atoms. The zero-order valence-corrected chi connectivity index (χ0v) is 12.0. The Balaban J connectivity index is 1.84. The number of benzene rings is 2. The van der Waals surface area contributed by atoms with Crippen LogP contribution in [0.3, 0.4) is 0 Å². The van der Waals surface area contributed by atoms with Crippen molar-refractivity contribution >= 4 is 17.3 Å². The Hall–Kier alpha value is -1.51. The minimum absolute atomic E-state index is 0.127. The van der Waals surface area contributed by atoms with E-state index in [1.807, 2.05) is 6.07 Å². The lowest BCUT2D eigenvalue weighted by Gasteiger charge is -2.31. The highest BCUT2D eigenvalue weighted by molar-refractivity contribution is 6.30. The summed E-state index contributed by atoms with van der Waals surface area (Å²) in [6.45, 7) is 2.03. The number of hydrogen-bond acceptors (Lipinski definition) is 2. The van der Waals surface area contributed by atoms with Gasteiger partial charge in [-0.15, -0.1) is 0 Å². The van der Waals surface area contributed by atoms with E-state index in [1.165, 1.54) is 16.8 Å². The molecule has 2 heterocycles. The van der Waals surface area contributed by atoms with Crippen LogP contribution in [0.15, 0.2) is 48.5 Å². The molecule has 2 aromatic carbocycles. The standard InChI is InChI=1S/C17H17ClN2/c18-13-6-7-15-14(10-13)17(11-20-15)8-9-19-16(17)12-4-2-1-3-5-12/h1-7,10,16,19-20H,8-9,11H2/t16-,17+/m0/s1. The highest BCUT2D eigenvalue weighted by Gasteiger charge is 2.48. The number of hydrogen-bond donors (Lipinski definition) is 2. The monoisotopic (exact) mass is 284 g/mol. The van der Waals surface area contributed by atoms with Crippen molar-refractivity contribution in [3.8, 4) is 0 Å². The molecular weight excluding hydrogens is 268 g/mol. The molecule has 2 aliphatic heterocycles. The summed E-state index contributed by atoms with van der Waals surface area (Å²) in [7, 11) is 0. The van der Waals surface area contributed by atoms with Crippen LogP contribution in [0.1, 0.15) is 23.6 Å². The van der Waals surface area contributed by atoms with Gasteiger partial charge in [0.2, 0.25) is 0 Å². The molecule has 2 nitrogen and oxygen atoms in total. The first-order valence-corrected chi connectivity index (χ1v) is 7.50. The molecule has 0 unspecified atom stereocenters. The molecule has 102 valence electrons. The van der Waals surface area contributed by atoms with Crippen molar-refractivity contribution in [2.75, 3.05) is 18.4 Å². The molecule has 1 spiro atoms. The van der Waals surface area contributed by atoms with E-state index in [9.17, 15) is 0 Å². The SMILES string of the molecule is Clc1ccc2c(c1)[C@@]1(CCN[C@H]1c1ccccc1)CN2. The summed E-state index contributed by atoms with van der Waals surface area (Å²) < 4.78 is 0. The van der Waals surface area contributed by atoms with Crippen LogP contribution in [-0.4, -0.2) is 13.1 Å². The van der Waals surface area contributed by atoms with E-state index in [1.54, 1.807) is 0 Å². The fourth-order valence-electron chi connectivity index (χ4n) is 3.77. The van der Waals surface area contributed by atoms with Gasteiger partial charge in [0.25, 0.3) is 0 Å². The van der Waals surface area contributed by atoms with Crippen molar-refractivity contribution in [2.45, 2.75) is 17.9 Å². The molecular formula is C17H17ClN2. The van der Waals surface area contributed by atoms with Crippen LogP contribution in [0.4, 0.5) is 5.69 Å². The third-order valence-electron chi connectivity index (χ3n) is 4.72. The number of fused-ring (bicyclic) bond motifs is 2. The number of anilines is 1. The van der Waals surface area contributed by atoms with Gasteiger partial charge in [-0.05, 0) is 42.3 Å². The number of halogens is 1. The summed E-state index contributed by atoms with van der Waals surface area (Å²) in [5.74, 6) is 0. The van der Waals surface area contributed by atoms with Gasteiger partial charge in [0.1, 0.15) is 0 Å². The van der Waals surface area contributed by atoms with E-state index in [4.69, 9.17) is 11.6 Å². The highest BCUT2D eigenvalue weighted by Crippen LogP contribution is 2.50. The molecule has 3 heteroatoms. The lowest BCUT2D eigenvalue weighted by atomic mass is 9.73. The Morgan fingerprint density at radius 1 is 1.10 bits per heavy atom. The third kappa shape index (κ3) is 1.68. The first kappa shape index (κ1) is 12.2. The fraction of sp³-hybridized carbons (Fsp3) is 0.294. The van der Waals surface area contributed by atoms with Gasteiger partial charge in [-0.3, -0.25) is 0 Å². The minimum atomic E-state index is 0.127. The molecule has 2 N–H and O–H groups in total. The van der Waals surface area contributed by atoms with Crippen molar-refractivity contribution in [1.29, 1.82) is 0 Å². The Labute approximate surface area is 124 Å². The molecule has 0 saturated carbocycles. The molecule has 1 fully saturated rings. The summed E-state index contributed by atoms with van der Waals surface area (Å²) in [6, 6.07) is 17.3. The second-order valence-electron chi connectivity index (χ2n) is 5.75. The van der Waals surface area contributed by atoms with Crippen molar-refractivity contribution < 1.29 is 0 Å². The fourth-order valence-corrected chi connectivity index (χ4v) is 3.95. The van der Waals surface area contributed by atoms with Crippen LogP contribution in [0.2, 0.25) is 5.02 Å². The second-order valence-corrected chi connectivity index (χ2v) is 6.18. The third-order valence-corrected chi connectivity index (χ3v) is 4.95. The molecule has 0 bridgehead atoms. The van der Waals surface area contributed by atoms with Crippen LogP contribution in [0, 0.1) is 0 Å². The summed E-state index contributed by atoms with van der Waals surface area (Å²) in [5, 5.41) is 8.07. The maximum atomic E-state index is 6.23. The van der Waals surface area contributed by atoms with Gasteiger partial charge >= 0.3 is 0 Å². The number of nitrogens with one attached hydrogen (secondary N) is 2. The maximum absolute atomic E-state index is 6.23. The second kappa shape index (κ2) is 4.51. The average Bonchev–Trinajstić information content (AvgIpc) is 3.06. The van der Waals surface area contributed by atoms with E-state index in [0.29, 0.717) is 6.04 Å². The zero-order chi connectivity index (χ0) is 13.6. The molecule has 2 atom stereocenters. The van der Waals surface area contributed by atoms with E-state index >= 15 is 0 Å². The van der Waals surface area contributed by atoms with Gasteiger partial charge < -0.3 is 10.6 Å². The molecule has 0 aromatic heterocycles. The van der Waals surface area contributed by atoms with E-state index < -0.39 is 0 Å². The van der Waals surface area contributed by atoms with E-state index in [-0.39, 0.29) is 5.41 Å². The lowest BCUT2D eigenvalue weighted by Crippen LogP contribution is -2.35. The largest absolute Gasteiger partial charge is 0.384 e. The molecule has 4 rings (SSSR count). The van der Waals surface area contributed by atoms with Gasteiger partial charge in [-0.25, -0.2) is 0 Å². The molecule has 1 saturated heterocycles. The Morgan fingerprint density at radius 3 is 2.80 bits per heavy atom. The summed E-state index contributed by atoms with van der Waals surface area (Å²) in [4.78, 5) is 0. The van der Waals surface area contributed by atoms with Crippen LogP contribution >= 0.6 is 11.6 Å². The van der Waals surface area contributed by atoms with Gasteiger partial charge in [0.05, 0.1) is 0 Å². The molecule has 2 aromatic rings. The van der Waals surface area contributed by atoms with Gasteiger partial charge in [0, 0.05) is 28.7 Å². The van der Waals surface area contributed by atoms with Crippen LogP contribution in [-0.2, 0) is 5.41 Å². The van der Waals surface area contributed by atoms with Gasteiger partial charge in [-0.2, -0.15) is 0 Å². The quantitative estimate of drug-likeness (QED) is 0.834. The first-order valence-electron chi connectivity index (χ1n) is 7.12. The van der Waals surface area contributed by atoms with Crippen molar-refractivity contribution in [3.63, 3.8) is 0 Å². The number of rotatable bonds is 1. The Kier molecular flexibility index (Phi) is 2.76. The summed E-state index contributed by atoms with van der Waals surface area (Å²) in [5.41, 5.74) is 4.09. The van der Waals surface area contributed by atoms with Crippen LogP contribution < -0.4 is 10.6 Å². The smallest absolute Gasteiger partial charge is 0.0436 e. The topological polar surface area (TPSA) is 24.1 Å². The molecule has 0 amide bonds. The normalized spacial score (nSPS) is 27.6. The highest BCUT2D eigenvalue weighted by atomic mass is 35.5.